The van der Waals surface area contributed by atoms with Crippen LogP contribution in [0.3, 0.4) is 0 Å². The van der Waals surface area contributed by atoms with Crippen LogP contribution in [0.25, 0.3) is 0 Å². The van der Waals surface area contributed by atoms with E-state index in [0.717, 1.165) is 32.7 Å². The van der Waals surface area contributed by atoms with Crippen molar-refractivity contribution in [3.8, 4) is 0 Å². The van der Waals surface area contributed by atoms with Crippen molar-refractivity contribution in [3.63, 3.8) is 0 Å². The molecular formula is C16H32N2O2. The lowest BCUT2D eigenvalue weighted by molar-refractivity contribution is -0.0860. The van der Waals surface area contributed by atoms with Gasteiger partial charge in [0.05, 0.1) is 24.4 Å². The van der Waals surface area contributed by atoms with Gasteiger partial charge in [-0.15, -0.1) is 0 Å². The number of hydrogen-bond donors (Lipinski definition) is 1. The molecule has 0 radical (unpaired) electrons. The van der Waals surface area contributed by atoms with Crippen molar-refractivity contribution in [1.82, 2.24) is 4.90 Å². The molecule has 0 saturated carbocycles. The molecule has 0 aromatic rings. The first-order valence-corrected chi connectivity index (χ1v) is 7.85. The summed E-state index contributed by atoms with van der Waals surface area (Å²) < 4.78 is 11.7. The average Bonchev–Trinajstić information content (AvgIpc) is 2.57. The fraction of sp³-hybridized carbons (Fsp3) is 1.00. The van der Waals surface area contributed by atoms with E-state index in [0.29, 0.717) is 5.92 Å². The highest BCUT2D eigenvalue weighted by molar-refractivity contribution is 5.06. The molecule has 0 aromatic carbocycles. The van der Waals surface area contributed by atoms with Gasteiger partial charge in [0.1, 0.15) is 0 Å². The second-order valence-electron chi connectivity index (χ2n) is 8.05. The van der Waals surface area contributed by atoms with Gasteiger partial charge in [0, 0.05) is 30.6 Å². The van der Waals surface area contributed by atoms with Crippen molar-refractivity contribution in [3.05, 3.63) is 0 Å². The Kier molecular flexibility index (Phi) is 4.25. The van der Waals surface area contributed by atoms with Gasteiger partial charge >= 0.3 is 0 Å². The predicted octanol–water partition coefficient (Wildman–Crippen LogP) is 2.02. The summed E-state index contributed by atoms with van der Waals surface area (Å²) in [5, 5.41) is 0. The first kappa shape index (κ1) is 16.2. The molecule has 0 amide bonds. The Balaban J connectivity index is 2.15. The summed E-state index contributed by atoms with van der Waals surface area (Å²) in [4.78, 5) is 2.47. The monoisotopic (exact) mass is 284 g/mol. The molecule has 118 valence electrons. The van der Waals surface area contributed by atoms with Gasteiger partial charge in [-0.25, -0.2) is 0 Å². The summed E-state index contributed by atoms with van der Waals surface area (Å²) in [5.74, 6) is 0.371. The molecule has 4 heteroatoms. The third kappa shape index (κ3) is 3.03. The number of nitrogens with two attached hydrogens (primary N) is 1. The molecule has 2 fully saturated rings. The molecule has 0 spiro atoms. The predicted molar refractivity (Wildman–Crippen MR) is 81.8 cm³/mol. The quantitative estimate of drug-likeness (QED) is 0.861. The van der Waals surface area contributed by atoms with Crippen LogP contribution in [0, 0.1) is 5.92 Å². The summed E-state index contributed by atoms with van der Waals surface area (Å²) in [6, 6.07) is 0.0948. The summed E-state index contributed by atoms with van der Waals surface area (Å²) in [6.45, 7) is 16.8. The SMILES string of the molecule is CC1(C)CC(C(N)C(C)(C)N2CCOCC2)C(C)(C)O1. The van der Waals surface area contributed by atoms with E-state index < -0.39 is 0 Å². The minimum atomic E-state index is -0.160. The molecule has 2 rings (SSSR count). The maximum absolute atomic E-state index is 6.72. The molecule has 2 heterocycles. The molecule has 0 aromatic heterocycles. The van der Waals surface area contributed by atoms with Gasteiger partial charge in [-0.3, -0.25) is 4.90 Å². The third-order valence-corrected chi connectivity index (χ3v) is 5.22. The summed E-state index contributed by atoms with van der Waals surface area (Å²) in [6.07, 6.45) is 1.02. The summed E-state index contributed by atoms with van der Waals surface area (Å²) in [5.41, 5.74) is 6.45. The summed E-state index contributed by atoms with van der Waals surface area (Å²) >= 11 is 0. The normalized spacial score (nSPS) is 32.2. The Morgan fingerprint density at radius 1 is 1.15 bits per heavy atom. The van der Waals surface area contributed by atoms with Crippen LogP contribution in [0.4, 0.5) is 0 Å². The van der Waals surface area contributed by atoms with Crippen LogP contribution in [-0.2, 0) is 9.47 Å². The Bertz CT molecular complexity index is 346. The summed E-state index contributed by atoms with van der Waals surface area (Å²) in [7, 11) is 0. The second-order valence-corrected chi connectivity index (χ2v) is 8.05. The smallest absolute Gasteiger partial charge is 0.0678 e. The molecule has 2 unspecified atom stereocenters. The topological polar surface area (TPSA) is 47.7 Å². The zero-order chi connectivity index (χ0) is 15.2. The van der Waals surface area contributed by atoms with Crippen molar-refractivity contribution in [1.29, 1.82) is 0 Å². The fourth-order valence-corrected chi connectivity index (χ4v) is 4.01. The van der Waals surface area contributed by atoms with Crippen LogP contribution < -0.4 is 5.73 Å². The Labute approximate surface area is 124 Å². The van der Waals surface area contributed by atoms with Crippen LogP contribution in [-0.4, -0.2) is 54.0 Å². The van der Waals surface area contributed by atoms with Crippen molar-refractivity contribution in [2.75, 3.05) is 26.3 Å². The van der Waals surface area contributed by atoms with Gasteiger partial charge in [0.15, 0.2) is 0 Å². The number of nitrogens with zero attached hydrogens (tertiary/aromatic N) is 1. The number of morpholine rings is 1. The minimum absolute atomic E-state index is 0.0322. The average molecular weight is 284 g/mol. The Morgan fingerprint density at radius 3 is 2.15 bits per heavy atom. The molecule has 2 saturated heterocycles. The van der Waals surface area contributed by atoms with E-state index in [4.69, 9.17) is 15.2 Å². The van der Waals surface area contributed by atoms with Gasteiger partial charge in [-0.1, -0.05) is 0 Å². The standard InChI is InChI=1S/C16H32N2O2/c1-14(2)11-12(16(5,6)20-14)13(17)15(3,4)18-7-9-19-10-8-18/h12-13H,7-11,17H2,1-6H3. The van der Waals surface area contributed by atoms with Crippen molar-refractivity contribution in [2.45, 2.75) is 70.7 Å². The first-order chi connectivity index (χ1) is 9.06. The van der Waals surface area contributed by atoms with E-state index in [1.165, 1.54) is 0 Å². The van der Waals surface area contributed by atoms with E-state index in [1.807, 2.05) is 0 Å². The zero-order valence-corrected chi connectivity index (χ0v) is 14.0. The molecule has 0 aliphatic carbocycles. The maximum atomic E-state index is 6.72. The number of hydrogen-bond acceptors (Lipinski definition) is 4. The van der Waals surface area contributed by atoms with Crippen molar-refractivity contribution >= 4 is 0 Å². The van der Waals surface area contributed by atoms with E-state index >= 15 is 0 Å². The zero-order valence-electron chi connectivity index (χ0n) is 14.0. The van der Waals surface area contributed by atoms with Crippen LogP contribution in [0.2, 0.25) is 0 Å². The molecule has 4 nitrogen and oxygen atoms in total. The second kappa shape index (κ2) is 5.24. The van der Waals surface area contributed by atoms with Crippen LogP contribution >= 0.6 is 0 Å². The molecular weight excluding hydrogens is 252 g/mol. The van der Waals surface area contributed by atoms with E-state index in [-0.39, 0.29) is 22.8 Å². The lowest BCUT2D eigenvalue weighted by Crippen LogP contribution is -2.63. The molecule has 2 aliphatic heterocycles. The molecule has 20 heavy (non-hydrogen) atoms. The van der Waals surface area contributed by atoms with E-state index in [9.17, 15) is 0 Å². The molecule has 2 atom stereocenters. The van der Waals surface area contributed by atoms with Gasteiger partial charge in [0.25, 0.3) is 0 Å². The van der Waals surface area contributed by atoms with Crippen molar-refractivity contribution < 1.29 is 9.47 Å². The van der Waals surface area contributed by atoms with Crippen LogP contribution in [0.1, 0.15) is 48.0 Å². The van der Waals surface area contributed by atoms with Crippen molar-refractivity contribution in [2.24, 2.45) is 11.7 Å². The van der Waals surface area contributed by atoms with Gasteiger partial charge < -0.3 is 15.2 Å². The van der Waals surface area contributed by atoms with Gasteiger partial charge in [-0.2, -0.15) is 0 Å². The number of rotatable bonds is 3. The Hall–Kier alpha value is -0.160. The third-order valence-electron chi connectivity index (χ3n) is 5.22. The first-order valence-electron chi connectivity index (χ1n) is 7.85. The van der Waals surface area contributed by atoms with Crippen LogP contribution in [0.15, 0.2) is 0 Å². The minimum Gasteiger partial charge on any atom is -0.379 e. The van der Waals surface area contributed by atoms with Gasteiger partial charge in [-0.05, 0) is 48.0 Å². The van der Waals surface area contributed by atoms with Gasteiger partial charge in [0.2, 0.25) is 0 Å². The highest BCUT2D eigenvalue weighted by Gasteiger charge is 2.52. The van der Waals surface area contributed by atoms with E-state index in [1.54, 1.807) is 0 Å². The van der Waals surface area contributed by atoms with E-state index in [2.05, 4.69) is 46.4 Å². The lowest BCUT2D eigenvalue weighted by Gasteiger charge is -2.48. The number of ether oxygens (including phenoxy) is 2. The molecule has 2 N–H and O–H groups in total. The fourth-order valence-electron chi connectivity index (χ4n) is 4.01. The molecule has 0 bridgehead atoms. The largest absolute Gasteiger partial charge is 0.379 e. The highest BCUT2D eigenvalue weighted by Crippen LogP contribution is 2.45. The lowest BCUT2D eigenvalue weighted by atomic mass is 9.74. The van der Waals surface area contributed by atoms with Crippen LogP contribution in [0.5, 0.6) is 0 Å². The highest BCUT2D eigenvalue weighted by atomic mass is 16.5. The maximum Gasteiger partial charge on any atom is 0.0678 e. The molecule has 2 aliphatic rings. The Morgan fingerprint density at radius 2 is 1.70 bits per heavy atom.